The lowest BCUT2D eigenvalue weighted by Gasteiger charge is -2.27. The molecule has 0 fully saturated rings. The Morgan fingerprint density at radius 2 is 0.600 bits per heavy atom. The minimum Gasteiger partial charge on any atom is -0.463 e. The summed E-state index contributed by atoms with van der Waals surface area (Å²) >= 11 is 0. The average molecular weight is 859 g/mol. The van der Waals surface area contributed by atoms with E-state index in [1.807, 2.05) is 9.80 Å². The molecule has 0 spiro atoms. The van der Waals surface area contributed by atoms with E-state index < -0.39 is 42.5 Å². The predicted octanol–water partition coefficient (Wildman–Crippen LogP) is 9.26. The molecule has 0 bridgehead atoms. The van der Waals surface area contributed by atoms with E-state index in [1.54, 1.807) is 0 Å². The monoisotopic (exact) mass is 859 g/mol. The summed E-state index contributed by atoms with van der Waals surface area (Å²) in [5, 5.41) is 53.6. The summed E-state index contributed by atoms with van der Waals surface area (Å²) in [6.07, 6.45) is 27.3. The van der Waals surface area contributed by atoms with E-state index in [2.05, 4.69) is 27.7 Å². The van der Waals surface area contributed by atoms with E-state index in [0.717, 1.165) is 51.4 Å². The predicted molar refractivity (Wildman–Crippen MR) is 246 cm³/mol. The van der Waals surface area contributed by atoms with Crippen LogP contribution in [-0.2, 0) is 19.1 Å². The molecule has 0 rings (SSSR count). The standard InChI is InChI=1S/C49H98N2O9/c1-5-9-13-17-21-25-31-43(52)39-50(40-44(53)32-26-22-18-14-10-6-2)35-29-37-59-48(57)47(56)49(58)60-38-30-36-51(41-45(54)33-27-23-19-15-11-7-3)42-46(55)34-28-24-20-16-12-8-4/h43-47,52-56H,5-42H2,1-4H3. The lowest BCUT2D eigenvalue weighted by atomic mass is 10.1. The number of aliphatic hydroxyl groups is 5. The van der Waals surface area contributed by atoms with Crippen molar-refractivity contribution in [2.75, 3.05) is 52.5 Å². The highest BCUT2D eigenvalue weighted by atomic mass is 16.6. The van der Waals surface area contributed by atoms with Crippen molar-refractivity contribution in [2.45, 2.75) is 251 Å². The molecule has 358 valence electrons. The van der Waals surface area contributed by atoms with Crippen molar-refractivity contribution in [3.05, 3.63) is 0 Å². The van der Waals surface area contributed by atoms with E-state index in [-0.39, 0.29) is 13.2 Å². The molecule has 0 aliphatic rings. The molecule has 0 aromatic carbocycles. The Bertz CT molecular complexity index is 824. The second-order valence-electron chi connectivity index (χ2n) is 17.8. The fourth-order valence-corrected chi connectivity index (χ4v) is 7.89. The number of esters is 2. The van der Waals surface area contributed by atoms with Gasteiger partial charge in [-0.3, -0.25) is 9.80 Å². The maximum Gasteiger partial charge on any atom is 0.346 e. The van der Waals surface area contributed by atoms with Gasteiger partial charge in [-0.25, -0.2) is 9.59 Å². The Balaban J connectivity index is 4.88. The second-order valence-corrected chi connectivity index (χ2v) is 17.8. The smallest absolute Gasteiger partial charge is 0.346 e. The lowest BCUT2D eigenvalue weighted by Crippen LogP contribution is -2.39. The van der Waals surface area contributed by atoms with Crippen LogP contribution in [0.1, 0.15) is 220 Å². The number of unbranched alkanes of at least 4 members (excludes halogenated alkanes) is 20. The number of hydrogen-bond acceptors (Lipinski definition) is 11. The van der Waals surface area contributed by atoms with E-state index in [1.165, 1.54) is 103 Å². The summed E-state index contributed by atoms with van der Waals surface area (Å²) in [5.41, 5.74) is 0. The van der Waals surface area contributed by atoms with Crippen molar-refractivity contribution in [3.63, 3.8) is 0 Å². The molecule has 5 N–H and O–H groups in total. The third kappa shape index (κ3) is 37.2. The molecular formula is C49H98N2O9. The highest BCUT2D eigenvalue weighted by Gasteiger charge is 2.27. The molecule has 0 aliphatic carbocycles. The van der Waals surface area contributed by atoms with Gasteiger partial charge < -0.3 is 35.0 Å². The summed E-state index contributed by atoms with van der Waals surface area (Å²) in [6.45, 7) is 11.5. The van der Waals surface area contributed by atoms with E-state index in [4.69, 9.17) is 9.47 Å². The van der Waals surface area contributed by atoms with Gasteiger partial charge in [-0.05, 0) is 38.5 Å². The minimum atomic E-state index is -2.05. The highest BCUT2D eigenvalue weighted by molar-refractivity contribution is 5.97. The molecule has 0 aliphatic heterocycles. The van der Waals surface area contributed by atoms with Crippen LogP contribution in [0.25, 0.3) is 0 Å². The van der Waals surface area contributed by atoms with Crippen molar-refractivity contribution in [1.29, 1.82) is 0 Å². The number of ether oxygens (including phenoxy) is 2. The number of carbonyl (C=O) groups excluding carboxylic acids is 2. The number of carbonyl (C=O) groups is 2. The summed E-state index contributed by atoms with van der Waals surface area (Å²) in [7, 11) is 0. The number of rotatable bonds is 46. The molecular weight excluding hydrogens is 761 g/mol. The Morgan fingerprint density at radius 1 is 0.367 bits per heavy atom. The maximum absolute atomic E-state index is 12.6. The molecule has 4 unspecified atom stereocenters. The van der Waals surface area contributed by atoms with Crippen LogP contribution in [0.5, 0.6) is 0 Å². The van der Waals surface area contributed by atoms with Crippen molar-refractivity contribution < 1.29 is 44.6 Å². The van der Waals surface area contributed by atoms with Gasteiger partial charge in [0.25, 0.3) is 0 Å². The zero-order valence-electron chi connectivity index (χ0n) is 39.5. The molecule has 4 atom stereocenters. The van der Waals surface area contributed by atoms with Crippen LogP contribution in [0.2, 0.25) is 0 Å². The molecule has 0 saturated carbocycles. The van der Waals surface area contributed by atoms with Crippen molar-refractivity contribution >= 4 is 11.9 Å². The number of hydrogen-bond donors (Lipinski definition) is 5. The molecule has 60 heavy (non-hydrogen) atoms. The summed E-state index contributed by atoms with van der Waals surface area (Å²) in [6, 6.07) is 0. The first-order chi connectivity index (χ1) is 29.1. The molecule has 0 radical (unpaired) electrons. The normalized spacial score (nSPS) is 14.4. The van der Waals surface area contributed by atoms with E-state index >= 15 is 0 Å². The van der Waals surface area contributed by atoms with Crippen molar-refractivity contribution in [2.24, 2.45) is 0 Å². The molecule has 11 heteroatoms. The van der Waals surface area contributed by atoms with Crippen LogP contribution in [-0.4, -0.2) is 130 Å². The number of aliphatic hydroxyl groups excluding tert-OH is 5. The zero-order chi connectivity index (χ0) is 44.5. The van der Waals surface area contributed by atoms with Crippen LogP contribution >= 0.6 is 0 Å². The van der Waals surface area contributed by atoms with Gasteiger partial charge in [-0.15, -0.1) is 0 Å². The first-order valence-electron chi connectivity index (χ1n) is 25.3. The van der Waals surface area contributed by atoms with Gasteiger partial charge >= 0.3 is 11.9 Å². The minimum absolute atomic E-state index is 0.0161. The zero-order valence-corrected chi connectivity index (χ0v) is 39.5. The Morgan fingerprint density at radius 3 is 0.850 bits per heavy atom. The van der Waals surface area contributed by atoms with Crippen LogP contribution in [0.15, 0.2) is 0 Å². The maximum atomic E-state index is 12.6. The summed E-state index contributed by atoms with van der Waals surface area (Å²) in [4.78, 5) is 29.2. The molecule has 11 nitrogen and oxygen atoms in total. The average Bonchev–Trinajstić information content (AvgIpc) is 3.22. The van der Waals surface area contributed by atoms with Crippen LogP contribution in [0.3, 0.4) is 0 Å². The SMILES string of the molecule is CCCCCCCCC(O)CN(CCCOC(=O)C(O)C(=O)OCCCN(CC(O)CCCCCCCC)CC(O)CCCCCCCC)CC(O)CCCCCCCC. The second kappa shape index (κ2) is 42.9. The van der Waals surface area contributed by atoms with Gasteiger partial charge in [0.1, 0.15) is 0 Å². The highest BCUT2D eigenvalue weighted by Crippen LogP contribution is 2.15. The Labute approximate surface area is 368 Å². The molecule has 0 aromatic heterocycles. The fourth-order valence-electron chi connectivity index (χ4n) is 7.89. The third-order valence-electron chi connectivity index (χ3n) is 11.6. The van der Waals surface area contributed by atoms with E-state index in [9.17, 15) is 35.1 Å². The van der Waals surface area contributed by atoms with Crippen molar-refractivity contribution in [3.8, 4) is 0 Å². The van der Waals surface area contributed by atoms with Gasteiger partial charge in [0.15, 0.2) is 0 Å². The topological polar surface area (TPSA) is 160 Å². The van der Waals surface area contributed by atoms with Gasteiger partial charge in [-0.2, -0.15) is 0 Å². The van der Waals surface area contributed by atoms with Crippen LogP contribution in [0, 0.1) is 0 Å². The summed E-state index contributed by atoms with van der Waals surface area (Å²) in [5.74, 6) is -2.12. The third-order valence-corrected chi connectivity index (χ3v) is 11.6. The van der Waals surface area contributed by atoms with Crippen molar-refractivity contribution in [1.82, 2.24) is 9.80 Å². The van der Waals surface area contributed by atoms with Crippen LogP contribution in [0.4, 0.5) is 0 Å². The van der Waals surface area contributed by atoms with Gasteiger partial charge in [0, 0.05) is 39.3 Å². The molecule has 0 saturated heterocycles. The quantitative estimate of drug-likeness (QED) is 0.0226. The molecule has 0 aromatic rings. The largest absolute Gasteiger partial charge is 0.463 e. The first-order valence-corrected chi connectivity index (χ1v) is 25.3. The number of nitrogens with zero attached hydrogens (tertiary/aromatic N) is 2. The first kappa shape index (κ1) is 58.7. The van der Waals surface area contributed by atoms with Gasteiger partial charge in [-0.1, -0.05) is 182 Å². The van der Waals surface area contributed by atoms with Gasteiger partial charge in [0.05, 0.1) is 37.6 Å². The fraction of sp³-hybridized carbons (Fsp3) is 0.959. The van der Waals surface area contributed by atoms with E-state index in [0.29, 0.717) is 77.8 Å². The van der Waals surface area contributed by atoms with Gasteiger partial charge in [0.2, 0.25) is 6.10 Å². The Hall–Kier alpha value is -1.34. The van der Waals surface area contributed by atoms with Crippen LogP contribution < -0.4 is 0 Å². The molecule has 0 amide bonds. The Kier molecular flexibility index (Phi) is 42.0. The molecule has 0 heterocycles. The summed E-state index contributed by atoms with van der Waals surface area (Å²) < 4.78 is 10.5. The lowest BCUT2D eigenvalue weighted by molar-refractivity contribution is -0.169.